The van der Waals surface area contributed by atoms with Crippen molar-refractivity contribution in [3.05, 3.63) is 18.2 Å². The second-order valence-electron chi connectivity index (χ2n) is 2.84. The van der Waals surface area contributed by atoms with Crippen molar-refractivity contribution in [1.82, 2.24) is 30.0 Å². The highest BCUT2D eigenvalue weighted by Crippen LogP contribution is 2.16. The van der Waals surface area contributed by atoms with E-state index in [0.29, 0.717) is 5.65 Å². The van der Waals surface area contributed by atoms with Crippen LogP contribution in [0, 0.1) is 6.92 Å². The molecule has 0 aliphatic heterocycles. The van der Waals surface area contributed by atoms with E-state index in [1.165, 1.54) is 0 Å². The molecule has 0 saturated carbocycles. The minimum atomic E-state index is 0.707. The van der Waals surface area contributed by atoms with Crippen LogP contribution in [0.1, 0.15) is 5.69 Å². The average Bonchev–Trinajstić information content (AvgIpc) is 2.66. The van der Waals surface area contributed by atoms with Gasteiger partial charge in [0.05, 0.1) is 11.9 Å². The zero-order valence-corrected chi connectivity index (χ0v) is 6.89. The van der Waals surface area contributed by atoms with Crippen LogP contribution in [0.5, 0.6) is 0 Å². The summed E-state index contributed by atoms with van der Waals surface area (Å²) in [7, 11) is 0. The SMILES string of the molecule is Cc1nn2cnnc2c2[nH]ncc12. The van der Waals surface area contributed by atoms with Crippen LogP contribution in [0.2, 0.25) is 0 Å². The predicted molar refractivity (Wildman–Crippen MR) is 45.2 cm³/mol. The molecule has 0 spiro atoms. The number of hydrogen-bond donors (Lipinski definition) is 1. The Morgan fingerprint density at radius 3 is 3.31 bits per heavy atom. The number of nitrogens with zero attached hydrogens (tertiary/aromatic N) is 5. The van der Waals surface area contributed by atoms with E-state index in [1.807, 2.05) is 6.92 Å². The molecule has 1 N–H and O–H groups in total. The molecule has 3 heterocycles. The molecule has 0 unspecified atom stereocenters. The number of fused-ring (bicyclic) bond motifs is 3. The molecule has 6 heteroatoms. The second kappa shape index (κ2) is 2.03. The van der Waals surface area contributed by atoms with E-state index >= 15 is 0 Å². The van der Waals surface area contributed by atoms with Gasteiger partial charge in [-0.15, -0.1) is 10.2 Å². The third kappa shape index (κ3) is 0.715. The molecule has 0 aromatic carbocycles. The van der Waals surface area contributed by atoms with E-state index in [1.54, 1.807) is 17.0 Å². The highest BCUT2D eigenvalue weighted by Gasteiger charge is 2.07. The van der Waals surface area contributed by atoms with Gasteiger partial charge in [0.15, 0.2) is 0 Å². The summed E-state index contributed by atoms with van der Waals surface area (Å²) in [6.07, 6.45) is 3.31. The van der Waals surface area contributed by atoms with Crippen molar-refractivity contribution in [2.45, 2.75) is 6.92 Å². The van der Waals surface area contributed by atoms with Crippen LogP contribution in [-0.2, 0) is 0 Å². The zero-order chi connectivity index (χ0) is 8.84. The molecule has 6 nitrogen and oxygen atoms in total. The van der Waals surface area contributed by atoms with E-state index < -0.39 is 0 Å². The fourth-order valence-corrected chi connectivity index (χ4v) is 1.41. The standard InChI is InChI=1S/C7H6N6/c1-4-5-2-8-10-6(5)7-11-9-3-13(7)12-4/h2-3H,1H3,(H,8,10). The van der Waals surface area contributed by atoms with E-state index in [2.05, 4.69) is 25.5 Å². The van der Waals surface area contributed by atoms with Gasteiger partial charge in [0.25, 0.3) is 0 Å². The van der Waals surface area contributed by atoms with Crippen molar-refractivity contribution in [2.75, 3.05) is 0 Å². The van der Waals surface area contributed by atoms with Crippen molar-refractivity contribution in [1.29, 1.82) is 0 Å². The van der Waals surface area contributed by atoms with Gasteiger partial charge in [-0.25, -0.2) is 0 Å². The molecule has 0 radical (unpaired) electrons. The molecule has 13 heavy (non-hydrogen) atoms. The number of rotatable bonds is 0. The Morgan fingerprint density at radius 1 is 1.46 bits per heavy atom. The summed E-state index contributed by atoms with van der Waals surface area (Å²) in [6.45, 7) is 1.93. The molecule has 64 valence electrons. The lowest BCUT2D eigenvalue weighted by atomic mass is 10.3. The van der Waals surface area contributed by atoms with Gasteiger partial charge in [-0.1, -0.05) is 0 Å². The lowest BCUT2D eigenvalue weighted by molar-refractivity contribution is 0.905. The predicted octanol–water partition coefficient (Wildman–Crippen LogP) is 0.309. The number of nitrogens with one attached hydrogen (secondary N) is 1. The minimum absolute atomic E-state index is 0.707. The summed E-state index contributed by atoms with van der Waals surface area (Å²) in [5, 5.41) is 19.8. The number of hydrogen-bond acceptors (Lipinski definition) is 4. The van der Waals surface area contributed by atoms with Gasteiger partial charge in [0.2, 0.25) is 5.65 Å². The van der Waals surface area contributed by atoms with Crippen LogP contribution >= 0.6 is 0 Å². The van der Waals surface area contributed by atoms with Gasteiger partial charge < -0.3 is 0 Å². The molecule has 3 aromatic rings. The number of aryl methyl sites for hydroxylation is 1. The van der Waals surface area contributed by atoms with Crippen LogP contribution in [0.15, 0.2) is 12.5 Å². The molecule has 0 amide bonds. The van der Waals surface area contributed by atoms with Crippen molar-refractivity contribution in [2.24, 2.45) is 0 Å². The molecule has 3 aromatic heterocycles. The monoisotopic (exact) mass is 174 g/mol. The van der Waals surface area contributed by atoms with E-state index in [9.17, 15) is 0 Å². The Balaban J connectivity index is 2.70. The molecule has 0 aliphatic rings. The van der Waals surface area contributed by atoms with E-state index in [4.69, 9.17) is 0 Å². The molecule has 0 fully saturated rings. The van der Waals surface area contributed by atoms with Gasteiger partial charge in [0, 0.05) is 5.39 Å². The van der Waals surface area contributed by atoms with Crippen LogP contribution in [-0.4, -0.2) is 30.0 Å². The van der Waals surface area contributed by atoms with Gasteiger partial charge in [-0.2, -0.15) is 14.7 Å². The molecule has 0 aliphatic carbocycles. The molecule has 0 atom stereocenters. The molecular formula is C7H6N6. The first-order chi connectivity index (χ1) is 6.36. The second-order valence-corrected chi connectivity index (χ2v) is 2.84. The van der Waals surface area contributed by atoms with E-state index in [0.717, 1.165) is 16.6 Å². The smallest absolute Gasteiger partial charge is 0.203 e. The summed E-state index contributed by atoms with van der Waals surface area (Å²) in [5.74, 6) is 0. The fourth-order valence-electron chi connectivity index (χ4n) is 1.41. The highest BCUT2D eigenvalue weighted by molar-refractivity contribution is 5.90. The molecule has 3 rings (SSSR count). The van der Waals surface area contributed by atoms with Crippen LogP contribution in [0.25, 0.3) is 16.6 Å². The topological polar surface area (TPSA) is 71.8 Å². The lowest BCUT2D eigenvalue weighted by Gasteiger charge is -1.95. The maximum absolute atomic E-state index is 4.27. The maximum atomic E-state index is 4.27. The summed E-state index contributed by atoms with van der Waals surface area (Å²) < 4.78 is 1.63. The number of aromatic amines is 1. The zero-order valence-electron chi connectivity index (χ0n) is 6.89. The normalized spacial score (nSPS) is 11.5. The minimum Gasteiger partial charge on any atom is -0.274 e. The van der Waals surface area contributed by atoms with Crippen molar-refractivity contribution in [3.63, 3.8) is 0 Å². The third-order valence-electron chi connectivity index (χ3n) is 2.04. The Labute approximate surface area is 72.6 Å². The van der Waals surface area contributed by atoms with Crippen LogP contribution < -0.4 is 0 Å². The number of aromatic nitrogens is 6. The largest absolute Gasteiger partial charge is 0.274 e. The van der Waals surface area contributed by atoms with Gasteiger partial charge >= 0.3 is 0 Å². The summed E-state index contributed by atoms with van der Waals surface area (Å²) in [6, 6.07) is 0. The molecular weight excluding hydrogens is 168 g/mol. The van der Waals surface area contributed by atoms with Gasteiger partial charge in [-0.3, -0.25) is 5.10 Å². The quantitative estimate of drug-likeness (QED) is 0.532. The summed E-state index contributed by atoms with van der Waals surface area (Å²) in [4.78, 5) is 0. The van der Waals surface area contributed by atoms with Gasteiger partial charge in [0.1, 0.15) is 11.8 Å². The van der Waals surface area contributed by atoms with Crippen LogP contribution in [0.4, 0.5) is 0 Å². The first kappa shape index (κ1) is 6.53. The van der Waals surface area contributed by atoms with Gasteiger partial charge in [-0.05, 0) is 6.92 Å². The average molecular weight is 174 g/mol. The Hall–Kier alpha value is -1.98. The molecule has 0 saturated heterocycles. The Kier molecular flexibility index (Phi) is 1.02. The molecule has 0 bridgehead atoms. The Bertz CT molecular complexity index is 577. The lowest BCUT2D eigenvalue weighted by Crippen LogP contribution is -1.94. The van der Waals surface area contributed by atoms with Crippen LogP contribution in [0.3, 0.4) is 0 Å². The van der Waals surface area contributed by atoms with E-state index in [-0.39, 0.29) is 0 Å². The maximum Gasteiger partial charge on any atom is 0.203 e. The van der Waals surface area contributed by atoms with Crippen molar-refractivity contribution < 1.29 is 0 Å². The number of H-pyrrole nitrogens is 1. The summed E-state index contributed by atoms with van der Waals surface area (Å²) >= 11 is 0. The fraction of sp³-hybridized carbons (Fsp3) is 0.143. The third-order valence-corrected chi connectivity index (χ3v) is 2.04. The van der Waals surface area contributed by atoms with Crippen molar-refractivity contribution >= 4 is 16.6 Å². The first-order valence-electron chi connectivity index (χ1n) is 3.86. The first-order valence-corrected chi connectivity index (χ1v) is 3.86. The highest BCUT2D eigenvalue weighted by atomic mass is 15.3. The summed E-state index contributed by atoms with van der Waals surface area (Å²) in [5.41, 5.74) is 2.50. The van der Waals surface area contributed by atoms with Crippen molar-refractivity contribution in [3.8, 4) is 0 Å². The Morgan fingerprint density at radius 2 is 2.38 bits per heavy atom.